The smallest absolute Gasteiger partial charge is 0.396 e. The highest BCUT2D eigenvalue weighted by Gasteiger charge is 2.25. The highest BCUT2D eigenvalue weighted by molar-refractivity contribution is 7.99. The molecule has 0 aliphatic carbocycles. The molecule has 0 aromatic carbocycles. The van der Waals surface area contributed by atoms with Gasteiger partial charge in [0, 0.05) is 11.7 Å². The average Bonchev–Trinajstić information content (AvgIpc) is 2.86. The van der Waals surface area contributed by atoms with Crippen molar-refractivity contribution in [2.45, 2.75) is 12.3 Å². The molecule has 0 amide bonds. The van der Waals surface area contributed by atoms with Crippen LogP contribution in [0.4, 0.5) is 0 Å². The molecule has 2 rings (SSSR count). The van der Waals surface area contributed by atoms with E-state index in [-0.39, 0.29) is 5.89 Å². The number of rotatable bonds is 2. The molecule has 1 aromatic rings. The van der Waals surface area contributed by atoms with Gasteiger partial charge in [-0.25, -0.2) is 4.79 Å². The lowest BCUT2D eigenvalue weighted by Gasteiger charge is -1.98. The van der Waals surface area contributed by atoms with Crippen molar-refractivity contribution in [1.82, 2.24) is 10.2 Å². The van der Waals surface area contributed by atoms with Gasteiger partial charge in [0.2, 0.25) is 5.89 Å². The lowest BCUT2D eigenvalue weighted by Crippen LogP contribution is -2.01. The topological polar surface area (TPSA) is 65.2 Å². The van der Waals surface area contributed by atoms with Gasteiger partial charge in [-0.05, 0) is 12.2 Å². The van der Waals surface area contributed by atoms with E-state index in [0.717, 1.165) is 17.9 Å². The first-order chi connectivity index (χ1) is 6.81. The summed E-state index contributed by atoms with van der Waals surface area (Å²) in [5.41, 5.74) is 0. The number of esters is 1. The van der Waals surface area contributed by atoms with Crippen LogP contribution in [0.15, 0.2) is 4.42 Å². The van der Waals surface area contributed by atoms with Crippen LogP contribution < -0.4 is 0 Å². The molecule has 1 atom stereocenters. The monoisotopic (exact) mass is 214 g/mol. The summed E-state index contributed by atoms with van der Waals surface area (Å²) in [6, 6.07) is 0. The number of methoxy groups -OCH3 is 1. The molecule has 0 N–H and O–H groups in total. The van der Waals surface area contributed by atoms with Gasteiger partial charge in [0.1, 0.15) is 0 Å². The Kier molecular flexibility index (Phi) is 2.72. The maximum Gasteiger partial charge on any atom is 0.396 e. The number of hydrogen-bond donors (Lipinski definition) is 0. The Morgan fingerprint density at radius 1 is 1.64 bits per heavy atom. The van der Waals surface area contributed by atoms with Crippen LogP contribution >= 0.6 is 11.8 Å². The molecule has 76 valence electrons. The van der Waals surface area contributed by atoms with Crippen molar-refractivity contribution in [2.24, 2.45) is 0 Å². The molecule has 5 nitrogen and oxygen atoms in total. The molecule has 1 unspecified atom stereocenters. The van der Waals surface area contributed by atoms with E-state index < -0.39 is 5.97 Å². The third-order valence-corrected chi connectivity index (χ3v) is 3.24. The van der Waals surface area contributed by atoms with Crippen molar-refractivity contribution in [3.8, 4) is 0 Å². The third-order valence-electron chi connectivity index (χ3n) is 2.08. The summed E-state index contributed by atoms with van der Waals surface area (Å²) in [5, 5.41) is 7.47. The van der Waals surface area contributed by atoms with Crippen LogP contribution in [0.1, 0.15) is 28.9 Å². The fourth-order valence-corrected chi connectivity index (χ4v) is 2.51. The van der Waals surface area contributed by atoms with E-state index in [1.807, 2.05) is 11.8 Å². The molecule has 6 heteroatoms. The number of thioether (sulfide) groups is 1. The zero-order chi connectivity index (χ0) is 9.97. The summed E-state index contributed by atoms with van der Waals surface area (Å²) < 4.78 is 9.68. The number of hydrogen-bond acceptors (Lipinski definition) is 6. The van der Waals surface area contributed by atoms with Crippen LogP contribution in [0.3, 0.4) is 0 Å². The van der Waals surface area contributed by atoms with Gasteiger partial charge in [-0.1, -0.05) is 0 Å². The minimum absolute atomic E-state index is 0.0561. The van der Waals surface area contributed by atoms with Gasteiger partial charge in [-0.15, -0.1) is 10.2 Å². The van der Waals surface area contributed by atoms with E-state index in [2.05, 4.69) is 14.9 Å². The maximum absolute atomic E-state index is 11.0. The Morgan fingerprint density at radius 3 is 3.14 bits per heavy atom. The van der Waals surface area contributed by atoms with Gasteiger partial charge >= 0.3 is 11.9 Å². The van der Waals surface area contributed by atoms with Crippen molar-refractivity contribution in [2.75, 3.05) is 18.6 Å². The Hall–Kier alpha value is -1.04. The van der Waals surface area contributed by atoms with E-state index >= 15 is 0 Å². The molecule has 0 bridgehead atoms. The molecule has 2 heterocycles. The zero-order valence-corrected chi connectivity index (χ0v) is 8.54. The van der Waals surface area contributed by atoms with Crippen LogP contribution in [0.2, 0.25) is 0 Å². The van der Waals surface area contributed by atoms with Gasteiger partial charge in [0.15, 0.2) is 0 Å². The van der Waals surface area contributed by atoms with E-state index in [1.165, 1.54) is 7.11 Å². The largest absolute Gasteiger partial charge is 0.462 e. The second kappa shape index (κ2) is 4.00. The molecule has 1 aliphatic rings. The zero-order valence-electron chi connectivity index (χ0n) is 7.73. The van der Waals surface area contributed by atoms with Gasteiger partial charge < -0.3 is 9.15 Å². The summed E-state index contributed by atoms with van der Waals surface area (Å²) >= 11 is 1.86. The Labute approximate surface area is 85.2 Å². The molecule has 0 radical (unpaired) electrons. The normalized spacial score (nSPS) is 21.1. The fourth-order valence-electron chi connectivity index (χ4n) is 1.30. The number of ether oxygens (including phenoxy) is 1. The first-order valence-corrected chi connectivity index (χ1v) is 5.46. The number of nitrogens with zero attached hydrogens (tertiary/aromatic N) is 2. The summed E-state index contributed by atoms with van der Waals surface area (Å²) in [6.45, 7) is 0. The van der Waals surface area contributed by atoms with Crippen molar-refractivity contribution in [3.05, 3.63) is 11.8 Å². The standard InChI is InChI=1S/C8H10N2O3S/c1-12-8(11)7-10-9-6(13-7)5-2-3-14-4-5/h5H,2-4H2,1H3. The van der Waals surface area contributed by atoms with Gasteiger partial charge in [0.05, 0.1) is 7.11 Å². The van der Waals surface area contributed by atoms with Crippen LogP contribution in [0.5, 0.6) is 0 Å². The predicted octanol–water partition coefficient (Wildman–Crippen LogP) is 1.08. The quantitative estimate of drug-likeness (QED) is 0.686. The number of carbonyl (C=O) groups is 1. The minimum atomic E-state index is -0.575. The van der Waals surface area contributed by atoms with Gasteiger partial charge in [-0.3, -0.25) is 0 Å². The van der Waals surface area contributed by atoms with Crippen LogP contribution in [0, 0.1) is 0 Å². The molecule has 1 saturated heterocycles. The highest BCUT2D eigenvalue weighted by atomic mass is 32.2. The second-order valence-electron chi connectivity index (χ2n) is 3.00. The average molecular weight is 214 g/mol. The van der Waals surface area contributed by atoms with Crippen molar-refractivity contribution in [1.29, 1.82) is 0 Å². The highest BCUT2D eigenvalue weighted by Crippen LogP contribution is 2.31. The van der Waals surface area contributed by atoms with Crippen molar-refractivity contribution in [3.63, 3.8) is 0 Å². The lowest BCUT2D eigenvalue weighted by molar-refractivity contribution is 0.0553. The van der Waals surface area contributed by atoms with Crippen molar-refractivity contribution >= 4 is 17.7 Å². The van der Waals surface area contributed by atoms with Crippen LogP contribution in [0.25, 0.3) is 0 Å². The summed E-state index contributed by atoms with van der Waals surface area (Å²) in [7, 11) is 1.29. The molecule has 1 fully saturated rings. The predicted molar refractivity (Wildman–Crippen MR) is 50.3 cm³/mol. The first-order valence-electron chi connectivity index (χ1n) is 4.30. The van der Waals surface area contributed by atoms with E-state index in [1.54, 1.807) is 0 Å². The third kappa shape index (κ3) is 1.75. The SMILES string of the molecule is COC(=O)c1nnc(C2CCSC2)o1. The molecular formula is C8H10N2O3S. The van der Waals surface area contributed by atoms with Crippen LogP contribution in [-0.4, -0.2) is 34.8 Å². The first kappa shape index (κ1) is 9.51. The molecular weight excluding hydrogens is 204 g/mol. The summed E-state index contributed by atoms with van der Waals surface area (Å²) in [5.74, 6) is 2.32. The van der Waals surface area contributed by atoms with E-state index in [9.17, 15) is 4.79 Å². The van der Waals surface area contributed by atoms with Crippen LogP contribution in [-0.2, 0) is 4.74 Å². The fraction of sp³-hybridized carbons (Fsp3) is 0.625. The number of aromatic nitrogens is 2. The number of carbonyl (C=O) groups excluding carboxylic acids is 1. The van der Waals surface area contributed by atoms with Crippen molar-refractivity contribution < 1.29 is 13.9 Å². The van der Waals surface area contributed by atoms with Gasteiger partial charge in [-0.2, -0.15) is 11.8 Å². The maximum atomic E-state index is 11.0. The van der Waals surface area contributed by atoms with E-state index in [0.29, 0.717) is 11.8 Å². The molecule has 14 heavy (non-hydrogen) atoms. The summed E-state index contributed by atoms with van der Waals surface area (Å²) in [6.07, 6.45) is 1.04. The second-order valence-corrected chi connectivity index (χ2v) is 4.15. The molecule has 1 aliphatic heterocycles. The molecule has 1 aromatic heterocycles. The Morgan fingerprint density at radius 2 is 2.50 bits per heavy atom. The molecule has 0 saturated carbocycles. The summed E-state index contributed by atoms with van der Waals surface area (Å²) in [4.78, 5) is 11.0. The molecule has 0 spiro atoms. The van der Waals surface area contributed by atoms with E-state index in [4.69, 9.17) is 4.42 Å². The van der Waals surface area contributed by atoms with Gasteiger partial charge in [0.25, 0.3) is 0 Å². The Balaban J connectivity index is 2.12. The lowest BCUT2D eigenvalue weighted by atomic mass is 10.1. The Bertz CT molecular complexity index is 333. The minimum Gasteiger partial charge on any atom is -0.462 e.